The fourth-order valence-corrected chi connectivity index (χ4v) is 5.56. The van der Waals surface area contributed by atoms with Crippen molar-refractivity contribution in [2.24, 2.45) is 0 Å². The van der Waals surface area contributed by atoms with Crippen molar-refractivity contribution in [1.29, 1.82) is 0 Å². The van der Waals surface area contributed by atoms with Gasteiger partial charge in [-0.05, 0) is 37.0 Å². The van der Waals surface area contributed by atoms with Gasteiger partial charge in [-0.25, -0.2) is 23.4 Å². The minimum atomic E-state index is -1.20. The van der Waals surface area contributed by atoms with Crippen LogP contribution in [-0.4, -0.2) is 83.0 Å². The summed E-state index contributed by atoms with van der Waals surface area (Å²) in [5, 5.41) is 42.6. The Labute approximate surface area is 227 Å². The van der Waals surface area contributed by atoms with E-state index >= 15 is 0 Å². The number of nitrogens with one attached hydrogen (secondary N) is 1. The molecule has 4 N–H and O–H groups in total. The standard InChI is InChI=1S/C25H30F2N6O5S/c1-2-8-39-25-29-23(28-16-10-13(16)12-5-6-14(26)15(27)9-12)20-24(30-25)33(32-31-20)17-11-18(22(37)21(17)36)38-7-3-4-19(34)35/h5-6,9,13,16-18,21-22,36-37H,2-4,7-8,10-11H2,1H3,(H,34,35)(H,28,29,30)/t13-,16-,17+,18+,21+,22-/m1/s1. The Balaban J connectivity index is 1.37. The van der Waals surface area contributed by atoms with E-state index in [0.717, 1.165) is 18.2 Å². The van der Waals surface area contributed by atoms with Crippen LogP contribution in [0.4, 0.5) is 14.6 Å². The molecule has 14 heteroatoms. The van der Waals surface area contributed by atoms with Crippen LogP contribution < -0.4 is 5.32 Å². The first kappa shape index (κ1) is 27.6. The van der Waals surface area contributed by atoms with Gasteiger partial charge < -0.3 is 25.4 Å². The summed E-state index contributed by atoms with van der Waals surface area (Å²) in [4.78, 5) is 20.0. The Morgan fingerprint density at radius 2 is 2.03 bits per heavy atom. The smallest absolute Gasteiger partial charge is 0.303 e. The van der Waals surface area contributed by atoms with Crippen molar-refractivity contribution in [2.45, 2.75) is 80.5 Å². The first-order chi connectivity index (χ1) is 18.8. The van der Waals surface area contributed by atoms with Crippen LogP contribution in [0, 0.1) is 11.6 Å². The van der Waals surface area contributed by atoms with E-state index in [1.54, 1.807) is 6.07 Å². The number of hydrogen-bond donors (Lipinski definition) is 4. The van der Waals surface area contributed by atoms with Crippen LogP contribution in [-0.2, 0) is 9.53 Å². The van der Waals surface area contributed by atoms with Crippen LogP contribution >= 0.6 is 11.8 Å². The predicted molar refractivity (Wildman–Crippen MR) is 138 cm³/mol. The predicted octanol–water partition coefficient (Wildman–Crippen LogP) is 2.89. The van der Waals surface area contributed by atoms with Crippen LogP contribution in [0.1, 0.15) is 56.6 Å². The molecule has 1 aromatic carbocycles. The number of aliphatic hydroxyl groups is 2. The van der Waals surface area contributed by atoms with Gasteiger partial charge in [0.1, 0.15) is 12.2 Å². The van der Waals surface area contributed by atoms with E-state index in [0.29, 0.717) is 40.5 Å². The maximum Gasteiger partial charge on any atom is 0.303 e. The van der Waals surface area contributed by atoms with Gasteiger partial charge in [0, 0.05) is 37.2 Å². The SMILES string of the molecule is CCCSc1nc(N[C@@H]2C[C@@H]2c2ccc(F)c(F)c2)c2nnn([C@H]3C[C@H](OCCCC(=O)O)[C@@H](O)[C@H]3O)c2n1. The fraction of sp³-hybridized carbons (Fsp3) is 0.560. The van der Waals surface area contributed by atoms with Crippen molar-refractivity contribution in [3.8, 4) is 0 Å². The van der Waals surface area contributed by atoms with Gasteiger partial charge in [0.25, 0.3) is 0 Å². The first-order valence-corrected chi connectivity index (χ1v) is 13.9. The summed E-state index contributed by atoms with van der Waals surface area (Å²) in [5.41, 5.74) is 1.47. The Morgan fingerprint density at radius 3 is 2.77 bits per heavy atom. The summed E-state index contributed by atoms with van der Waals surface area (Å²) < 4.78 is 34.3. The maximum absolute atomic E-state index is 13.7. The molecule has 0 unspecified atom stereocenters. The minimum Gasteiger partial charge on any atom is -0.481 e. The summed E-state index contributed by atoms with van der Waals surface area (Å²) in [7, 11) is 0. The molecule has 2 aromatic heterocycles. The Bertz CT molecular complexity index is 1350. The summed E-state index contributed by atoms with van der Waals surface area (Å²) in [6.07, 6.45) is -0.995. The zero-order chi connectivity index (χ0) is 27.7. The average molecular weight is 565 g/mol. The van der Waals surface area contributed by atoms with E-state index in [4.69, 9.17) is 9.84 Å². The molecule has 0 amide bonds. The number of carboxylic acids is 1. The third kappa shape index (κ3) is 5.98. The van der Waals surface area contributed by atoms with Gasteiger partial charge in [-0.2, -0.15) is 0 Å². The molecule has 210 valence electrons. The molecule has 11 nitrogen and oxygen atoms in total. The molecule has 0 aliphatic heterocycles. The van der Waals surface area contributed by atoms with Crippen LogP contribution in [0.5, 0.6) is 0 Å². The second-order valence-electron chi connectivity index (χ2n) is 9.87. The Kier molecular flexibility index (Phi) is 8.26. The van der Waals surface area contributed by atoms with Crippen molar-refractivity contribution < 1.29 is 33.6 Å². The zero-order valence-corrected chi connectivity index (χ0v) is 22.0. The number of anilines is 1. The average Bonchev–Trinajstić information content (AvgIpc) is 3.45. The zero-order valence-electron chi connectivity index (χ0n) is 21.2. The molecule has 2 fully saturated rings. The second-order valence-corrected chi connectivity index (χ2v) is 10.9. The van der Waals surface area contributed by atoms with Crippen LogP contribution in [0.25, 0.3) is 11.2 Å². The number of rotatable bonds is 12. The Morgan fingerprint density at radius 1 is 1.21 bits per heavy atom. The van der Waals surface area contributed by atoms with Crippen molar-refractivity contribution in [3.05, 3.63) is 35.4 Å². The third-order valence-electron chi connectivity index (χ3n) is 7.00. The molecule has 0 saturated heterocycles. The minimum absolute atomic E-state index is 0.0160. The van der Waals surface area contributed by atoms with E-state index in [9.17, 15) is 23.8 Å². The summed E-state index contributed by atoms with van der Waals surface area (Å²) in [5.74, 6) is -1.48. The molecule has 39 heavy (non-hydrogen) atoms. The molecule has 2 aliphatic rings. The number of carboxylic acid groups (broad SMARTS) is 1. The van der Waals surface area contributed by atoms with Crippen molar-refractivity contribution in [1.82, 2.24) is 25.0 Å². The number of aliphatic carboxylic acids is 1. The number of aromatic nitrogens is 5. The number of carbonyl (C=O) groups is 1. The van der Waals surface area contributed by atoms with Gasteiger partial charge in [0.15, 0.2) is 33.8 Å². The lowest BCUT2D eigenvalue weighted by atomic mass is 10.1. The largest absolute Gasteiger partial charge is 0.481 e. The molecular formula is C25H30F2N6O5S. The van der Waals surface area contributed by atoms with Gasteiger partial charge in [0.05, 0.1) is 12.1 Å². The molecule has 0 radical (unpaired) electrons. The van der Waals surface area contributed by atoms with E-state index in [-0.39, 0.29) is 31.4 Å². The topological polar surface area (TPSA) is 156 Å². The van der Waals surface area contributed by atoms with Crippen molar-refractivity contribution in [3.63, 3.8) is 0 Å². The molecule has 0 bridgehead atoms. The monoisotopic (exact) mass is 564 g/mol. The number of halogens is 2. The number of fused-ring (bicyclic) bond motifs is 1. The third-order valence-corrected chi connectivity index (χ3v) is 8.06. The molecule has 0 spiro atoms. The van der Waals surface area contributed by atoms with Gasteiger partial charge in [-0.15, -0.1) is 5.10 Å². The highest BCUT2D eigenvalue weighted by Crippen LogP contribution is 2.44. The van der Waals surface area contributed by atoms with Gasteiger partial charge in [-0.3, -0.25) is 4.79 Å². The van der Waals surface area contributed by atoms with Gasteiger partial charge in [0.2, 0.25) is 0 Å². The van der Waals surface area contributed by atoms with E-state index in [1.807, 2.05) is 6.92 Å². The highest BCUT2D eigenvalue weighted by Gasteiger charge is 2.45. The van der Waals surface area contributed by atoms with E-state index in [2.05, 4.69) is 25.6 Å². The van der Waals surface area contributed by atoms with Crippen LogP contribution in [0.15, 0.2) is 23.4 Å². The lowest BCUT2D eigenvalue weighted by molar-refractivity contribution is -0.137. The number of ether oxygens (including phenoxy) is 1. The number of benzene rings is 1. The first-order valence-electron chi connectivity index (χ1n) is 12.9. The van der Waals surface area contributed by atoms with E-state index < -0.39 is 42.0 Å². The fourth-order valence-electron chi connectivity index (χ4n) is 4.87. The molecule has 6 atom stereocenters. The number of aliphatic hydroxyl groups excluding tert-OH is 2. The lowest BCUT2D eigenvalue weighted by Gasteiger charge is -2.17. The van der Waals surface area contributed by atoms with Crippen LogP contribution in [0.3, 0.4) is 0 Å². The maximum atomic E-state index is 13.7. The number of hydrogen-bond acceptors (Lipinski definition) is 10. The molecule has 2 aliphatic carbocycles. The van der Waals surface area contributed by atoms with Crippen molar-refractivity contribution in [2.75, 3.05) is 17.7 Å². The van der Waals surface area contributed by atoms with Crippen molar-refractivity contribution >= 4 is 34.7 Å². The molecule has 2 heterocycles. The number of thioether (sulfide) groups is 1. The van der Waals surface area contributed by atoms with Gasteiger partial charge in [-0.1, -0.05) is 30.0 Å². The Hall–Kier alpha value is -2.94. The summed E-state index contributed by atoms with van der Waals surface area (Å²) in [6.45, 7) is 2.18. The highest BCUT2D eigenvalue weighted by atomic mass is 32.2. The van der Waals surface area contributed by atoms with Crippen LogP contribution in [0.2, 0.25) is 0 Å². The normalized spacial score (nSPS) is 26.3. The molecular weight excluding hydrogens is 534 g/mol. The molecule has 3 aromatic rings. The molecule has 5 rings (SSSR count). The summed E-state index contributed by atoms with van der Waals surface area (Å²) in [6, 6.07) is 3.18. The van der Waals surface area contributed by atoms with E-state index in [1.165, 1.54) is 22.5 Å². The molecule has 2 saturated carbocycles. The second kappa shape index (κ2) is 11.7. The van der Waals surface area contributed by atoms with Gasteiger partial charge >= 0.3 is 5.97 Å². The lowest BCUT2D eigenvalue weighted by Crippen LogP contribution is -2.33. The number of nitrogens with zero attached hydrogens (tertiary/aromatic N) is 5. The highest BCUT2D eigenvalue weighted by molar-refractivity contribution is 7.99. The summed E-state index contributed by atoms with van der Waals surface area (Å²) >= 11 is 1.46. The quantitative estimate of drug-likeness (QED) is 0.146.